The number of nitrogens with one attached hydrogen (secondary N) is 2. The van der Waals surface area contributed by atoms with Gasteiger partial charge in [-0.05, 0) is 18.3 Å². The Morgan fingerprint density at radius 1 is 1.26 bits per heavy atom. The molecule has 3 atom stereocenters. The van der Waals surface area contributed by atoms with Gasteiger partial charge in [-0.15, -0.1) is 10.2 Å². The van der Waals surface area contributed by atoms with Crippen LogP contribution in [-0.2, 0) is 24.4 Å². The number of aliphatic hydroxyl groups is 3. The summed E-state index contributed by atoms with van der Waals surface area (Å²) in [5.74, 6) is 0.109. The molecule has 35 heavy (non-hydrogen) atoms. The zero-order valence-corrected chi connectivity index (χ0v) is 19.0. The van der Waals surface area contributed by atoms with Crippen LogP contribution < -0.4 is 11.2 Å². The van der Waals surface area contributed by atoms with Gasteiger partial charge in [0.2, 0.25) is 5.89 Å². The lowest BCUT2D eigenvalue weighted by molar-refractivity contribution is -0.0739. The Bertz CT molecular complexity index is 1460. The Morgan fingerprint density at radius 3 is 2.77 bits per heavy atom. The zero-order valence-electron chi connectivity index (χ0n) is 18.2. The number of ether oxygens (including phenoxy) is 1. The van der Waals surface area contributed by atoms with Gasteiger partial charge in [0.25, 0.3) is 10.4 Å². The van der Waals surface area contributed by atoms with Crippen molar-refractivity contribution < 1.29 is 28.9 Å². The second-order valence-corrected chi connectivity index (χ2v) is 7.94. The molecule has 0 bridgehead atoms. The number of hydrogen-bond donors (Lipinski definition) is 5. The predicted octanol–water partition coefficient (Wildman–Crippen LogP) is -0.916. The number of aliphatic hydroxyl groups excluding tert-OH is 3. The molecule has 0 saturated heterocycles. The largest absolute Gasteiger partial charge is 0.466 e. The quantitative estimate of drug-likeness (QED) is 0.165. The molecule has 0 aliphatic rings. The molecule has 16 heteroatoms. The van der Waals surface area contributed by atoms with Gasteiger partial charge in [0.15, 0.2) is 0 Å². The van der Waals surface area contributed by atoms with Gasteiger partial charge in [0.1, 0.15) is 36.0 Å². The first-order chi connectivity index (χ1) is 16.7. The van der Waals surface area contributed by atoms with Crippen LogP contribution in [-0.4, -0.2) is 69.4 Å². The normalized spacial score (nSPS) is 14.2. The first-order valence-corrected chi connectivity index (χ1v) is 10.5. The Labute approximate surface area is 200 Å². The number of H-pyrrole nitrogens is 2. The van der Waals surface area contributed by atoms with E-state index in [0.29, 0.717) is 11.3 Å². The highest BCUT2D eigenvalue weighted by Crippen LogP contribution is 2.27. The van der Waals surface area contributed by atoms with Gasteiger partial charge in [-0.25, -0.2) is 14.6 Å². The number of furan rings is 1. The summed E-state index contributed by atoms with van der Waals surface area (Å²) in [6, 6.07) is 1.39. The molecule has 0 spiro atoms. The van der Waals surface area contributed by atoms with Crippen LogP contribution in [0.3, 0.4) is 0 Å². The topological polar surface area (TPSA) is 210 Å². The summed E-state index contributed by atoms with van der Waals surface area (Å²) in [7, 11) is 1.42. The smallest absolute Gasteiger partial charge is 0.328 e. The molecule has 0 amide bonds. The molecule has 0 unspecified atom stereocenters. The van der Waals surface area contributed by atoms with Crippen molar-refractivity contribution in [1.29, 1.82) is 0 Å². The van der Waals surface area contributed by atoms with Gasteiger partial charge in [0.05, 0.1) is 37.0 Å². The Hall–Kier alpha value is -3.70. The fourth-order valence-electron chi connectivity index (χ4n) is 3.26. The maximum absolute atomic E-state index is 12.1. The van der Waals surface area contributed by atoms with Gasteiger partial charge in [-0.2, -0.15) is 0 Å². The number of methoxy groups -OCH3 is 1. The van der Waals surface area contributed by atoms with Crippen LogP contribution in [0.15, 0.2) is 43.1 Å². The standard InChI is InChI=1S/C19H21N7O8S/c1-32-7-10-3-25(18(31)20-16(10)30)4-11-5-26(24-21-11)6-12(27)14(28)15(29)13-2-9(8-33-13)17-22-23-19(35)34-17/h2-3,5,8,12,14-15,27-29H,4,6-7H2,1H3,(H,23,35)(H,20,30,31)/t12-,14-,15-/m1/s1. The molecule has 0 radical (unpaired) electrons. The van der Waals surface area contributed by atoms with Crippen LogP contribution in [0, 0.1) is 4.84 Å². The lowest BCUT2D eigenvalue weighted by atomic mass is 10.1. The second-order valence-electron chi connectivity index (χ2n) is 7.57. The third kappa shape index (κ3) is 5.52. The van der Waals surface area contributed by atoms with Crippen molar-refractivity contribution in [1.82, 2.24) is 34.7 Å². The van der Waals surface area contributed by atoms with Crippen molar-refractivity contribution in [3.05, 3.63) is 67.4 Å². The lowest BCUT2D eigenvalue weighted by Gasteiger charge is -2.21. The molecule has 0 fully saturated rings. The van der Waals surface area contributed by atoms with Crippen molar-refractivity contribution in [2.45, 2.75) is 38.0 Å². The van der Waals surface area contributed by atoms with Gasteiger partial charge >= 0.3 is 5.69 Å². The monoisotopic (exact) mass is 507 g/mol. The van der Waals surface area contributed by atoms with Gasteiger partial charge < -0.3 is 28.9 Å². The van der Waals surface area contributed by atoms with Crippen molar-refractivity contribution in [2.24, 2.45) is 0 Å². The fourth-order valence-corrected chi connectivity index (χ4v) is 3.38. The molecule has 0 aliphatic carbocycles. The molecule has 0 aliphatic heterocycles. The van der Waals surface area contributed by atoms with Crippen LogP contribution >= 0.6 is 12.2 Å². The highest BCUT2D eigenvalue weighted by atomic mass is 32.1. The van der Waals surface area contributed by atoms with Crippen LogP contribution in [0.5, 0.6) is 0 Å². The number of hydrogen-bond acceptors (Lipinski definition) is 12. The molecule has 0 saturated carbocycles. The van der Waals surface area contributed by atoms with E-state index in [9.17, 15) is 24.9 Å². The average Bonchev–Trinajstić information content (AvgIpc) is 3.57. The molecule has 5 N–H and O–H groups in total. The van der Waals surface area contributed by atoms with Crippen molar-refractivity contribution >= 4 is 12.2 Å². The summed E-state index contributed by atoms with van der Waals surface area (Å²) in [5.41, 5.74) is -0.185. The molecule has 15 nitrogen and oxygen atoms in total. The van der Waals surface area contributed by atoms with E-state index < -0.39 is 29.6 Å². The predicted molar refractivity (Wildman–Crippen MR) is 118 cm³/mol. The van der Waals surface area contributed by atoms with E-state index in [2.05, 4.69) is 25.5 Å². The van der Waals surface area contributed by atoms with Crippen molar-refractivity contribution in [2.75, 3.05) is 7.11 Å². The summed E-state index contributed by atoms with van der Waals surface area (Å²) in [5, 5.41) is 45.3. The molecule has 4 aromatic rings. The fraction of sp³-hybridized carbons (Fsp3) is 0.368. The first-order valence-electron chi connectivity index (χ1n) is 10.1. The second kappa shape index (κ2) is 10.3. The van der Waals surface area contributed by atoms with Gasteiger partial charge in [-0.3, -0.25) is 14.3 Å². The van der Waals surface area contributed by atoms with E-state index >= 15 is 0 Å². The molecular weight excluding hydrogens is 486 g/mol. The van der Waals surface area contributed by atoms with Crippen molar-refractivity contribution in [3.63, 3.8) is 0 Å². The maximum Gasteiger partial charge on any atom is 0.328 e. The first kappa shape index (κ1) is 24.4. The molecule has 186 valence electrons. The highest BCUT2D eigenvalue weighted by Gasteiger charge is 2.29. The van der Waals surface area contributed by atoms with E-state index in [-0.39, 0.29) is 41.7 Å². The van der Waals surface area contributed by atoms with Gasteiger partial charge in [-0.1, -0.05) is 5.21 Å². The summed E-state index contributed by atoms with van der Waals surface area (Å²) in [6.45, 7) is -0.202. The van der Waals surface area contributed by atoms with E-state index in [1.165, 1.54) is 41.1 Å². The Morgan fingerprint density at radius 2 is 2.06 bits per heavy atom. The minimum atomic E-state index is -1.63. The minimum Gasteiger partial charge on any atom is -0.466 e. The van der Waals surface area contributed by atoms with Crippen LogP contribution in [0.25, 0.3) is 11.5 Å². The maximum atomic E-state index is 12.1. The highest BCUT2D eigenvalue weighted by molar-refractivity contribution is 7.71. The third-order valence-electron chi connectivity index (χ3n) is 4.99. The Balaban J connectivity index is 1.40. The molecular formula is C19H21N7O8S. The van der Waals surface area contributed by atoms with Crippen LogP contribution in [0.1, 0.15) is 23.1 Å². The summed E-state index contributed by atoms with van der Waals surface area (Å²) >= 11 is 4.81. The number of aromatic amines is 2. The number of rotatable bonds is 10. The summed E-state index contributed by atoms with van der Waals surface area (Å²) in [4.78, 5) is 26.1. The van der Waals surface area contributed by atoms with Crippen LogP contribution in [0.4, 0.5) is 0 Å². The SMILES string of the molecule is COCc1cn(Cc2cn(C[C@@H](O)[C@@H](O)[C@H](O)c3cc(-c4n[nH]c(=S)o4)co3)nn2)c(=O)[nH]c1=O. The van der Waals surface area contributed by atoms with E-state index in [4.69, 9.17) is 25.8 Å². The van der Waals surface area contributed by atoms with Crippen molar-refractivity contribution in [3.8, 4) is 11.5 Å². The number of nitrogens with zero attached hydrogens (tertiary/aromatic N) is 5. The molecule has 4 aromatic heterocycles. The van der Waals surface area contributed by atoms with Gasteiger partial charge in [0, 0.05) is 13.3 Å². The Kier molecular flexibility index (Phi) is 7.17. The average molecular weight is 507 g/mol. The zero-order chi connectivity index (χ0) is 25.1. The molecule has 0 aromatic carbocycles. The number of aromatic nitrogens is 7. The van der Waals surface area contributed by atoms with E-state index in [1.54, 1.807) is 0 Å². The lowest BCUT2D eigenvalue weighted by Crippen LogP contribution is -2.35. The summed E-state index contributed by atoms with van der Waals surface area (Å²) < 4.78 is 17.8. The van der Waals surface area contributed by atoms with E-state index in [1.807, 2.05) is 0 Å². The van der Waals surface area contributed by atoms with E-state index in [0.717, 1.165) is 0 Å². The summed E-state index contributed by atoms with van der Waals surface area (Å²) in [6.07, 6.45) is -0.583. The molecule has 4 rings (SSSR count). The molecule has 4 heterocycles. The van der Waals surface area contributed by atoms with Crippen LogP contribution in [0.2, 0.25) is 0 Å². The minimum absolute atomic E-state index is 0.00692. The third-order valence-corrected chi connectivity index (χ3v) is 5.17.